The van der Waals surface area contributed by atoms with Crippen LogP contribution in [0.15, 0.2) is 30.6 Å². The molecule has 0 N–H and O–H groups in total. The number of likely N-dealkylation sites (tertiary alicyclic amines) is 1. The molecule has 4 rings (SSSR count). The second-order valence-electron chi connectivity index (χ2n) is 6.68. The second kappa shape index (κ2) is 5.61. The maximum Gasteiger partial charge on any atom is 0.257 e. The Hall–Kier alpha value is -2.83. The topological polar surface area (TPSA) is 67.7 Å². The molecule has 130 valence electrons. The van der Waals surface area contributed by atoms with Gasteiger partial charge in [0.2, 0.25) is 5.91 Å². The van der Waals surface area contributed by atoms with E-state index in [-0.39, 0.29) is 24.0 Å². The number of hydrogen-bond donors (Lipinski definition) is 0. The first-order valence-corrected chi connectivity index (χ1v) is 8.26. The number of nitrogens with zero attached hydrogens (tertiary/aromatic N) is 4. The number of benzene rings is 1. The molecule has 0 unspecified atom stereocenters. The Kier molecular flexibility index (Phi) is 3.52. The summed E-state index contributed by atoms with van der Waals surface area (Å²) in [5.74, 6) is 0.489. The Bertz CT molecular complexity index is 860. The molecule has 7 nitrogen and oxygen atoms in total. The molecule has 0 bridgehead atoms. The number of fused-ring (bicyclic) bond motifs is 2. The molecule has 2 atom stereocenters. The molecule has 0 radical (unpaired) electrons. The summed E-state index contributed by atoms with van der Waals surface area (Å²) in [6.45, 7) is 2.54. The van der Waals surface area contributed by atoms with Gasteiger partial charge in [-0.1, -0.05) is 6.07 Å². The molecule has 2 amide bonds. The van der Waals surface area contributed by atoms with Crippen LogP contribution in [0, 0.1) is 0 Å². The molecule has 7 heteroatoms. The zero-order valence-corrected chi connectivity index (χ0v) is 14.5. The highest BCUT2D eigenvalue weighted by atomic mass is 16.5. The van der Waals surface area contributed by atoms with E-state index in [1.54, 1.807) is 40.7 Å². The van der Waals surface area contributed by atoms with Gasteiger partial charge in [-0.25, -0.2) is 0 Å². The zero-order chi connectivity index (χ0) is 17.7. The minimum atomic E-state index is -0.219. The van der Waals surface area contributed by atoms with Crippen LogP contribution in [0.25, 0.3) is 11.1 Å². The summed E-state index contributed by atoms with van der Waals surface area (Å²) >= 11 is 0. The van der Waals surface area contributed by atoms with E-state index in [0.29, 0.717) is 24.4 Å². The molecule has 2 aliphatic rings. The largest absolute Gasteiger partial charge is 0.485 e. The highest BCUT2D eigenvalue weighted by Crippen LogP contribution is 2.34. The Morgan fingerprint density at radius 3 is 2.72 bits per heavy atom. The summed E-state index contributed by atoms with van der Waals surface area (Å²) in [5.41, 5.74) is 2.47. The van der Waals surface area contributed by atoms with Crippen molar-refractivity contribution >= 4 is 11.8 Å². The fourth-order valence-electron chi connectivity index (χ4n) is 3.55. The van der Waals surface area contributed by atoms with Gasteiger partial charge in [0, 0.05) is 39.3 Å². The highest BCUT2D eigenvalue weighted by Gasteiger charge is 2.43. The smallest absolute Gasteiger partial charge is 0.257 e. The van der Waals surface area contributed by atoms with Crippen molar-refractivity contribution in [2.24, 2.45) is 7.05 Å². The van der Waals surface area contributed by atoms with Crippen molar-refractivity contribution in [3.8, 4) is 16.9 Å². The van der Waals surface area contributed by atoms with Crippen molar-refractivity contribution in [3.63, 3.8) is 0 Å². The lowest BCUT2D eigenvalue weighted by Gasteiger charge is -2.24. The van der Waals surface area contributed by atoms with E-state index in [4.69, 9.17) is 4.74 Å². The minimum Gasteiger partial charge on any atom is -0.485 e. The van der Waals surface area contributed by atoms with Crippen LogP contribution in [0.3, 0.4) is 0 Å². The number of ether oxygens (including phenoxy) is 1. The standard InChI is InChI=1S/C18H20N4O3/c1-11(23)22-9-15-17(10-22)25-16-6-12(13-7-19-20(2)8-13)4-5-14(16)18(24)21(15)3/h4-8,15,17H,9-10H2,1-3H3/t15-,17+/m1/s1. The number of likely N-dealkylation sites (N-methyl/N-ethyl adjacent to an activating group) is 1. The van der Waals surface area contributed by atoms with E-state index < -0.39 is 0 Å². The first kappa shape index (κ1) is 15.7. The number of amides is 2. The fourth-order valence-corrected chi connectivity index (χ4v) is 3.55. The van der Waals surface area contributed by atoms with Crippen molar-refractivity contribution in [1.82, 2.24) is 19.6 Å². The molecule has 1 aromatic carbocycles. The van der Waals surface area contributed by atoms with Gasteiger partial charge < -0.3 is 14.5 Å². The van der Waals surface area contributed by atoms with E-state index in [0.717, 1.165) is 11.1 Å². The first-order chi connectivity index (χ1) is 11.9. The van der Waals surface area contributed by atoms with Crippen molar-refractivity contribution in [2.75, 3.05) is 20.1 Å². The number of rotatable bonds is 1. The Labute approximate surface area is 145 Å². The van der Waals surface area contributed by atoms with Crippen molar-refractivity contribution in [3.05, 3.63) is 36.2 Å². The Morgan fingerprint density at radius 1 is 1.24 bits per heavy atom. The average Bonchev–Trinajstić information content (AvgIpc) is 3.18. The quantitative estimate of drug-likeness (QED) is 0.781. The predicted molar refractivity (Wildman–Crippen MR) is 91.2 cm³/mol. The molecular weight excluding hydrogens is 320 g/mol. The van der Waals surface area contributed by atoms with Crippen LogP contribution in [0.2, 0.25) is 0 Å². The second-order valence-corrected chi connectivity index (χ2v) is 6.68. The summed E-state index contributed by atoms with van der Waals surface area (Å²) in [6, 6.07) is 5.47. The first-order valence-electron chi connectivity index (χ1n) is 8.26. The van der Waals surface area contributed by atoms with Gasteiger partial charge in [-0.15, -0.1) is 0 Å². The van der Waals surface area contributed by atoms with Gasteiger partial charge in [-0.2, -0.15) is 5.10 Å². The van der Waals surface area contributed by atoms with Crippen LogP contribution in [0.1, 0.15) is 17.3 Å². The van der Waals surface area contributed by atoms with Crippen molar-refractivity contribution in [2.45, 2.75) is 19.1 Å². The van der Waals surface area contributed by atoms with Crippen LogP contribution in [0.4, 0.5) is 0 Å². The molecular formula is C18H20N4O3. The lowest BCUT2D eigenvalue weighted by molar-refractivity contribution is -0.128. The number of aryl methyl sites for hydroxylation is 1. The molecule has 2 aliphatic heterocycles. The summed E-state index contributed by atoms with van der Waals surface area (Å²) in [5, 5.41) is 4.19. The fraction of sp³-hybridized carbons (Fsp3) is 0.389. The minimum absolute atomic E-state index is 0.00172. The Morgan fingerprint density at radius 2 is 2.04 bits per heavy atom. The molecule has 25 heavy (non-hydrogen) atoms. The van der Waals surface area contributed by atoms with Crippen molar-refractivity contribution < 1.29 is 14.3 Å². The van der Waals surface area contributed by atoms with Crippen LogP contribution >= 0.6 is 0 Å². The highest BCUT2D eigenvalue weighted by molar-refractivity contribution is 5.98. The molecule has 2 aromatic rings. The molecule has 1 aromatic heterocycles. The summed E-state index contributed by atoms with van der Waals surface area (Å²) < 4.78 is 7.92. The van der Waals surface area contributed by atoms with E-state index in [2.05, 4.69) is 5.10 Å². The van der Waals surface area contributed by atoms with Crippen LogP contribution in [-0.2, 0) is 11.8 Å². The average molecular weight is 340 g/mol. The van der Waals surface area contributed by atoms with Gasteiger partial charge in [0.25, 0.3) is 5.91 Å². The van der Waals surface area contributed by atoms with Gasteiger partial charge in [0.15, 0.2) is 0 Å². The maximum atomic E-state index is 12.8. The summed E-state index contributed by atoms with van der Waals surface area (Å²) in [7, 11) is 3.64. The number of aromatic nitrogens is 2. The lowest BCUT2D eigenvalue weighted by atomic mass is 10.1. The van der Waals surface area contributed by atoms with E-state index in [1.807, 2.05) is 25.4 Å². The molecule has 0 aliphatic carbocycles. The number of hydrogen-bond acceptors (Lipinski definition) is 4. The third-order valence-electron chi connectivity index (χ3n) is 5.03. The third kappa shape index (κ3) is 2.56. The third-order valence-corrected chi connectivity index (χ3v) is 5.03. The number of carbonyl (C=O) groups excluding carboxylic acids is 2. The number of carbonyl (C=O) groups is 2. The summed E-state index contributed by atoms with van der Waals surface area (Å²) in [4.78, 5) is 28.0. The van der Waals surface area contributed by atoms with E-state index >= 15 is 0 Å². The maximum absolute atomic E-state index is 12.8. The normalized spacial score (nSPS) is 22.3. The van der Waals surface area contributed by atoms with Crippen LogP contribution < -0.4 is 4.74 Å². The molecule has 1 fully saturated rings. The molecule has 3 heterocycles. The predicted octanol–water partition coefficient (Wildman–Crippen LogP) is 1.15. The van der Waals surface area contributed by atoms with E-state index in [1.165, 1.54) is 0 Å². The SMILES string of the molecule is CC(=O)N1C[C@@H]2Oc3cc(-c4cnn(C)c4)ccc3C(=O)N(C)[C@@H]2C1. The van der Waals surface area contributed by atoms with E-state index in [9.17, 15) is 9.59 Å². The van der Waals surface area contributed by atoms with Gasteiger partial charge in [-0.05, 0) is 17.7 Å². The molecule has 1 saturated heterocycles. The lowest BCUT2D eigenvalue weighted by Crippen LogP contribution is -2.44. The Balaban J connectivity index is 1.72. The summed E-state index contributed by atoms with van der Waals surface area (Å²) in [6.07, 6.45) is 3.48. The van der Waals surface area contributed by atoms with Crippen molar-refractivity contribution in [1.29, 1.82) is 0 Å². The zero-order valence-electron chi connectivity index (χ0n) is 14.5. The van der Waals surface area contributed by atoms with Gasteiger partial charge >= 0.3 is 0 Å². The monoisotopic (exact) mass is 340 g/mol. The van der Waals surface area contributed by atoms with Crippen LogP contribution in [-0.4, -0.2) is 63.7 Å². The van der Waals surface area contributed by atoms with Gasteiger partial charge in [0.05, 0.1) is 24.3 Å². The van der Waals surface area contributed by atoms with Gasteiger partial charge in [0.1, 0.15) is 11.9 Å². The molecule has 0 spiro atoms. The molecule has 0 saturated carbocycles. The van der Waals surface area contributed by atoms with Crippen LogP contribution in [0.5, 0.6) is 5.75 Å². The van der Waals surface area contributed by atoms with Gasteiger partial charge in [-0.3, -0.25) is 14.3 Å².